The van der Waals surface area contributed by atoms with E-state index in [0.29, 0.717) is 24.4 Å². The lowest BCUT2D eigenvalue weighted by atomic mass is 10.1. The average Bonchev–Trinajstić information content (AvgIpc) is 2.58. The summed E-state index contributed by atoms with van der Waals surface area (Å²) >= 11 is 0. The molecule has 0 unspecified atom stereocenters. The fourth-order valence-corrected chi connectivity index (χ4v) is 2.44. The van der Waals surface area contributed by atoms with Gasteiger partial charge in [0, 0.05) is 12.6 Å². The van der Waals surface area contributed by atoms with Gasteiger partial charge in [-0.05, 0) is 29.8 Å². The van der Waals surface area contributed by atoms with E-state index in [1.165, 1.54) is 18.2 Å². The summed E-state index contributed by atoms with van der Waals surface area (Å²) in [4.78, 5) is 12.1. The minimum atomic E-state index is -0.478. The number of hydrogen-bond acceptors (Lipinski definition) is 6. The molecule has 0 atom stereocenters. The molecule has 0 radical (unpaired) electrons. The number of aromatic hydroxyl groups is 2. The summed E-state index contributed by atoms with van der Waals surface area (Å²) < 4.78 is 5.58. The maximum absolute atomic E-state index is 12.1. The molecule has 0 saturated carbocycles. The van der Waals surface area contributed by atoms with Crippen molar-refractivity contribution in [1.82, 2.24) is 5.32 Å². The fourth-order valence-electron chi connectivity index (χ4n) is 2.44. The summed E-state index contributed by atoms with van der Waals surface area (Å²) in [5.41, 5.74) is 1.32. The van der Waals surface area contributed by atoms with Crippen LogP contribution in [0.3, 0.4) is 0 Å². The van der Waals surface area contributed by atoms with Gasteiger partial charge in [-0.15, -0.1) is 0 Å². The van der Waals surface area contributed by atoms with Crippen molar-refractivity contribution in [3.8, 4) is 17.6 Å². The molecule has 6 heteroatoms. The maximum atomic E-state index is 12.1. The van der Waals surface area contributed by atoms with Gasteiger partial charge in [-0.1, -0.05) is 12.1 Å². The van der Waals surface area contributed by atoms with Crippen molar-refractivity contribution in [2.24, 2.45) is 0 Å². The lowest BCUT2D eigenvalue weighted by Gasteiger charge is -2.07. The molecular weight excluding hydrogens is 308 g/mol. The Morgan fingerprint density at radius 2 is 1.96 bits per heavy atom. The molecule has 0 aliphatic rings. The highest BCUT2D eigenvalue weighted by Crippen LogP contribution is 2.31. The largest absolute Gasteiger partial charge is 0.504 e. The van der Waals surface area contributed by atoms with Crippen LogP contribution in [0.5, 0.6) is 11.5 Å². The van der Waals surface area contributed by atoms with Gasteiger partial charge < -0.3 is 19.9 Å². The van der Waals surface area contributed by atoms with Crippen LogP contribution in [0, 0.1) is 11.3 Å². The van der Waals surface area contributed by atoms with E-state index in [4.69, 9.17) is 9.68 Å². The summed E-state index contributed by atoms with van der Waals surface area (Å²) in [7, 11) is 0. The number of nitrogens with zero attached hydrogens (tertiary/aromatic N) is 1. The zero-order valence-electron chi connectivity index (χ0n) is 12.6. The topological polar surface area (TPSA) is 106 Å². The third-order valence-electron chi connectivity index (χ3n) is 3.58. The normalized spacial score (nSPS) is 10.6. The number of nitriles is 1. The molecule has 3 rings (SSSR count). The van der Waals surface area contributed by atoms with Gasteiger partial charge >= 0.3 is 0 Å². The van der Waals surface area contributed by atoms with E-state index in [1.54, 1.807) is 18.2 Å². The zero-order chi connectivity index (χ0) is 17.1. The second-order valence-corrected chi connectivity index (χ2v) is 5.30. The van der Waals surface area contributed by atoms with Crippen LogP contribution in [0.1, 0.15) is 16.9 Å². The van der Waals surface area contributed by atoms with Crippen LogP contribution < -0.4 is 10.7 Å². The number of phenolic OH excluding ortho intramolecular Hbond substituents is 2. The predicted molar refractivity (Wildman–Crippen MR) is 87.5 cm³/mol. The first kappa shape index (κ1) is 15.6. The van der Waals surface area contributed by atoms with Crippen molar-refractivity contribution in [3.05, 3.63) is 69.6 Å². The van der Waals surface area contributed by atoms with Gasteiger partial charge in [0.25, 0.3) is 0 Å². The molecule has 0 amide bonds. The number of phenols is 2. The van der Waals surface area contributed by atoms with Crippen molar-refractivity contribution < 1.29 is 14.6 Å². The fraction of sp³-hybridized carbons (Fsp3) is 0.111. The van der Waals surface area contributed by atoms with Crippen LogP contribution in [-0.2, 0) is 13.1 Å². The number of hydrogen-bond donors (Lipinski definition) is 3. The minimum Gasteiger partial charge on any atom is -0.504 e. The number of rotatable bonds is 4. The third kappa shape index (κ3) is 3.07. The molecule has 3 aromatic rings. The Hall–Kier alpha value is -3.30. The first-order valence-electron chi connectivity index (χ1n) is 7.26. The van der Waals surface area contributed by atoms with Crippen molar-refractivity contribution in [2.75, 3.05) is 0 Å². The van der Waals surface area contributed by atoms with E-state index < -0.39 is 11.2 Å². The molecule has 0 fully saturated rings. The second-order valence-electron chi connectivity index (χ2n) is 5.30. The molecule has 3 N–H and O–H groups in total. The van der Waals surface area contributed by atoms with Crippen LogP contribution in [0.2, 0.25) is 0 Å². The standard InChI is InChI=1S/C18H14N2O4/c19-8-11-2-1-3-12(6-11)9-20-10-13-7-15(22)17-16(24-13)5-4-14(21)18(17)23/h1-7,20-21,23H,9-10H2. The SMILES string of the molecule is N#Cc1cccc(CNCc2cc(=O)c3c(O)c(O)ccc3o2)c1. The van der Waals surface area contributed by atoms with E-state index in [0.717, 1.165) is 5.56 Å². The Labute approximate surface area is 137 Å². The first-order chi connectivity index (χ1) is 11.6. The molecule has 0 aliphatic carbocycles. The third-order valence-corrected chi connectivity index (χ3v) is 3.58. The van der Waals surface area contributed by atoms with Crippen molar-refractivity contribution in [3.63, 3.8) is 0 Å². The van der Waals surface area contributed by atoms with E-state index >= 15 is 0 Å². The van der Waals surface area contributed by atoms with Gasteiger partial charge in [0.2, 0.25) is 0 Å². The molecule has 24 heavy (non-hydrogen) atoms. The Morgan fingerprint density at radius 3 is 2.75 bits per heavy atom. The number of nitrogens with one attached hydrogen (secondary N) is 1. The van der Waals surface area contributed by atoms with E-state index in [1.807, 2.05) is 6.07 Å². The van der Waals surface area contributed by atoms with E-state index in [9.17, 15) is 15.0 Å². The van der Waals surface area contributed by atoms with Gasteiger partial charge in [-0.2, -0.15) is 5.26 Å². The number of benzene rings is 2. The minimum absolute atomic E-state index is 0.0412. The van der Waals surface area contributed by atoms with E-state index in [-0.39, 0.29) is 16.7 Å². The Balaban J connectivity index is 1.77. The van der Waals surface area contributed by atoms with Crippen LogP contribution in [0.15, 0.2) is 51.7 Å². The quantitative estimate of drug-likeness (QED) is 0.637. The predicted octanol–water partition coefficient (Wildman–Crippen LogP) is 2.37. The highest BCUT2D eigenvalue weighted by atomic mass is 16.3. The van der Waals surface area contributed by atoms with Gasteiger partial charge in [0.1, 0.15) is 16.7 Å². The summed E-state index contributed by atoms with van der Waals surface area (Å²) in [6.45, 7) is 0.821. The molecule has 6 nitrogen and oxygen atoms in total. The molecule has 0 aliphatic heterocycles. The molecule has 0 spiro atoms. The average molecular weight is 322 g/mol. The smallest absolute Gasteiger partial charge is 0.196 e. The Morgan fingerprint density at radius 1 is 1.12 bits per heavy atom. The second kappa shape index (κ2) is 6.44. The summed E-state index contributed by atoms with van der Waals surface area (Å²) in [5.74, 6) is -0.429. The van der Waals surface area contributed by atoms with Gasteiger partial charge in [0.05, 0.1) is 18.2 Å². The lowest BCUT2D eigenvalue weighted by Crippen LogP contribution is -2.14. The van der Waals surface area contributed by atoms with Crippen LogP contribution in [0.25, 0.3) is 11.0 Å². The Kier molecular flexibility index (Phi) is 4.18. The lowest BCUT2D eigenvalue weighted by molar-refractivity contribution is 0.406. The highest BCUT2D eigenvalue weighted by Gasteiger charge is 2.12. The zero-order valence-corrected chi connectivity index (χ0v) is 12.6. The molecule has 1 aromatic heterocycles. The summed E-state index contributed by atoms with van der Waals surface area (Å²) in [5, 5.41) is 31.2. The van der Waals surface area contributed by atoms with Crippen LogP contribution in [0.4, 0.5) is 0 Å². The van der Waals surface area contributed by atoms with Crippen molar-refractivity contribution in [2.45, 2.75) is 13.1 Å². The van der Waals surface area contributed by atoms with Crippen molar-refractivity contribution >= 4 is 11.0 Å². The van der Waals surface area contributed by atoms with Gasteiger partial charge in [0.15, 0.2) is 16.9 Å². The van der Waals surface area contributed by atoms with Gasteiger partial charge in [-0.25, -0.2) is 0 Å². The number of fused-ring (bicyclic) bond motifs is 1. The first-order valence-corrected chi connectivity index (χ1v) is 7.26. The van der Waals surface area contributed by atoms with Crippen LogP contribution >= 0.6 is 0 Å². The maximum Gasteiger partial charge on any atom is 0.196 e. The molecule has 120 valence electrons. The van der Waals surface area contributed by atoms with E-state index in [2.05, 4.69) is 11.4 Å². The molecular formula is C18H14N2O4. The van der Waals surface area contributed by atoms with Crippen molar-refractivity contribution in [1.29, 1.82) is 5.26 Å². The summed E-state index contributed by atoms with van der Waals surface area (Å²) in [6, 6.07) is 13.3. The summed E-state index contributed by atoms with van der Waals surface area (Å²) in [6.07, 6.45) is 0. The van der Waals surface area contributed by atoms with Crippen LogP contribution in [-0.4, -0.2) is 10.2 Å². The molecule has 0 bridgehead atoms. The monoisotopic (exact) mass is 322 g/mol. The molecule has 0 saturated heterocycles. The highest BCUT2D eigenvalue weighted by molar-refractivity contribution is 5.85. The van der Waals surface area contributed by atoms with Gasteiger partial charge in [-0.3, -0.25) is 4.79 Å². The molecule has 1 heterocycles. The Bertz CT molecular complexity index is 1000. The molecule has 2 aromatic carbocycles.